The van der Waals surface area contributed by atoms with E-state index in [9.17, 15) is 32.7 Å². The van der Waals surface area contributed by atoms with Crippen molar-refractivity contribution >= 4 is 17.8 Å². The van der Waals surface area contributed by atoms with Gasteiger partial charge in [-0.25, -0.2) is 0 Å². The van der Waals surface area contributed by atoms with Gasteiger partial charge in [-0.05, 0) is 65.5 Å². The number of hydrogen-bond donors (Lipinski definition) is 3. The van der Waals surface area contributed by atoms with Crippen LogP contribution in [0.5, 0.6) is 0 Å². The summed E-state index contributed by atoms with van der Waals surface area (Å²) < 4.78 is 42.7. The zero-order valence-electron chi connectivity index (χ0n) is 19.1. The molecule has 3 rings (SSSR count). The van der Waals surface area contributed by atoms with Crippen LogP contribution in [0.2, 0.25) is 0 Å². The predicted molar refractivity (Wildman–Crippen MR) is 111 cm³/mol. The Morgan fingerprint density at radius 1 is 1.18 bits per heavy atom. The Kier molecular flexibility index (Phi) is 6.58. The van der Waals surface area contributed by atoms with Gasteiger partial charge in [0.05, 0.1) is 5.41 Å². The van der Waals surface area contributed by atoms with Crippen molar-refractivity contribution in [2.45, 2.75) is 83.2 Å². The van der Waals surface area contributed by atoms with Crippen molar-refractivity contribution in [2.75, 3.05) is 6.54 Å². The van der Waals surface area contributed by atoms with E-state index in [1.807, 2.05) is 20.8 Å². The summed E-state index contributed by atoms with van der Waals surface area (Å²) >= 11 is 0. The fourth-order valence-electron chi connectivity index (χ4n) is 4.88. The van der Waals surface area contributed by atoms with Crippen LogP contribution in [0.3, 0.4) is 0 Å². The van der Waals surface area contributed by atoms with E-state index in [2.05, 4.69) is 15.1 Å². The molecule has 2 heterocycles. The number of likely N-dealkylation sites (tertiary alicyclic amines) is 1. The summed E-state index contributed by atoms with van der Waals surface area (Å²) in [7, 11) is 0. The second kappa shape index (κ2) is 8.66. The van der Waals surface area contributed by atoms with E-state index in [-0.39, 0.29) is 24.5 Å². The second-order valence-electron chi connectivity index (χ2n) is 10.1. The summed E-state index contributed by atoms with van der Waals surface area (Å²) in [4.78, 5) is 39.1. The first-order chi connectivity index (χ1) is 15.1. The van der Waals surface area contributed by atoms with Crippen LogP contribution >= 0.6 is 0 Å². The van der Waals surface area contributed by atoms with E-state index in [1.54, 1.807) is 6.92 Å². The molecular weight excluding hydrogens is 443 g/mol. The minimum Gasteiger partial charge on any atom is -0.481 e. The van der Waals surface area contributed by atoms with Crippen molar-refractivity contribution in [1.82, 2.24) is 15.5 Å². The van der Waals surface area contributed by atoms with Crippen LogP contribution in [0.4, 0.5) is 13.2 Å². The molecule has 8 nitrogen and oxygen atoms in total. The summed E-state index contributed by atoms with van der Waals surface area (Å²) in [5.41, 5.74) is -1.37. The van der Waals surface area contributed by atoms with Crippen LogP contribution in [0.1, 0.15) is 69.7 Å². The highest BCUT2D eigenvalue weighted by molar-refractivity contribution is 5.96. The average molecular weight is 473 g/mol. The van der Waals surface area contributed by atoms with E-state index in [0.717, 1.165) is 6.07 Å². The van der Waals surface area contributed by atoms with Crippen molar-refractivity contribution in [2.24, 2.45) is 5.41 Å². The number of furan rings is 1. The van der Waals surface area contributed by atoms with E-state index >= 15 is 0 Å². The second-order valence-corrected chi connectivity index (χ2v) is 10.1. The number of hydrogen-bond acceptors (Lipinski definition) is 5. The normalized spacial score (nSPS) is 28.8. The van der Waals surface area contributed by atoms with Gasteiger partial charge in [0.1, 0.15) is 6.04 Å². The van der Waals surface area contributed by atoms with Crippen molar-refractivity contribution < 1.29 is 37.1 Å². The quantitative estimate of drug-likeness (QED) is 0.606. The molecule has 11 heteroatoms. The Labute approximate surface area is 189 Å². The fraction of sp³-hybridized carbons (Fsp3) is 0.682. The Hall–Kier alpha value is -2.56. The van der Waals surface area contributed by atoms with Crippen LogP contribution in [-0.4, -0.2) is 58.0 Å². The van der Waals surface area contributed by atoms with E-state index in [0.29, 0.717) is 25.3 Å². The standard InChI is InChI=1S/C22H30F3N3O5/c1-20(2,3)27-12-5-7-15(21(4,11-12)19(31)32)28-10-9-13(18(28)30)26-17(29)14-6-8-16(33-14)22(23,24)25/h6,8,12-13,15,27H,5,7,9-11H2,1-4H3,(H,26,29)(H,31,32)/t12?,13-,15?,21?/m0/s1. The molecule has 1 saturated heterocycles. The van der Waals surface area contributed by atoms with Gasteiger partial charge in [0.25, 0.3) is 5.91 Å². The number of alkyl halides is 3. The maximum atomic E-state index is 13.0. The lowest BCUT2D eigenvalue weighted by molar-refractivity contribution is -0.158. The smallest absolute Gasteiger partial charge is 0.449 e. The number of amides is 2. The Morgan fingerprint density at radius 3 is 2.39 bits per heavy atom. The molecule has 2 fully saturated rings. The first kappa shape index (κ1) is 25.1. The van der Waals surface area contributed by atoms with Gasteiger partial charge in [0.2, 0.25) is 11.7 Å². The molecule has 1 aliphatic carbocycles. The highest BCUT2D eigenvalue weighted by atomic mass is 19.4. The summed E-state index contributed by atoms with van der Waals surface area (Å²) in [6, 6.07) is 0.0287. The summed E-state index contributed by atoms with van der Waals surface area (Å²) in [5, 5.41) is 15.9. The number of carbonyl (C=O) groups excluding carboxylic acids is 2. The molecule has 0 spiro atoms. The minimum atomic E-state index is -4.72. The molecule has 3 unspecified atom stereocenters. The van der Waals surface area contributed by atoms with Gasteiger partial charge in [0.15, 0.2) is 5.76 Å². The summed E-state index contributed by atoms with van der Waals surface area (Å²) in [6.07, 6.45) is -2.97. The third-order valence-corrected chi connectivity index (χ3v) is 6.35. The number of carboxylic acids is 1. The molecule has 1 aromatic heterocycles. The maximum absolute atomic E-state index is 13.0. The third-order valence-electron chi connectivity index (χ3n) is 6.35. The molecule has 4 atom stereocenters. The molecule has 0 bridgehead atoms. The SMILES string of the molecule is CC(C)(C)NC1CCC(N2CC[C@H](NC(=O)c3ccc(C(F)(F)F)o3)C2=O)C(C)(C(=O)O)C1. The van der Waals surface area contributed by atoms with Crippen molar-refractivity contribution in [3.05, 3.63) is 23.7 Å². The number of carboxylic acid groups (broad SMARTS) is 1. The van der Waals surface area contributed by atoms with Gasteiger partial charge in [-0.1, -0.05) is 0 Å². The highest BCUT2D eigenvalue weighted by Gasteiger charge is 2.52. The Balaban J connectivity index is 1.70. The minimum absolute atomic E-state index is 0.0164. The van der Waals surface area contributed by atoms with Gasteiger partial charge in [-0.3, -0.25) is 14.4 Å². The van der Waals surface area contributed by atoms with Crippen LogP contribution in [-0.2, 0) is 15.8 Å². The zero-order valence-corrected chi connectivity index (χ0v) is 19.1. The van der Waals surface area contributed by atoms with Crippen LogP contribution in [0, 0.1) is 5.41 Å². The third kappa shape index (κ3) is 5.34. The van der Waals surface area contributed by atoms with Crippen molar-refractivity contribution in [3.8, 4) is 0 Å². The molecule has 2 amide bonds. The molecule has 2 aliphatic rings. The Morgan fingerprint density at radius 2 is 1.85 bits per heavy atom. The zero-order chi connectivity index (χ0) is 24.8. The summed E-state index contributed by atoms with van der Waals surface area (Å²) in [6.45, 7) is 7.90. The lowest BCUT2D eigenvalue weighted by Crippen LogP contribution is -2.59. The molecule has 3 N–H and O–H groups in total. The lowest BCUT2D eigenvalue weighted by atomic mass is 9.68. The van der Waals surface area contributed by atoms with E-state index in [4.69, 9.17) is 0 Å². The maximum Gasteiger partial charge on any atom is 0.449 e. The first-order valence-electron chi connectivity index (χ1n) is 10.9. The Bertz CT molecular complexity index is 923. The molecular formula is C22H30F3N3O5. The number of aliphatic carboxylic acids is 1. The number of carbonyl (C=O) groups is 3. The monoisotopic (exact) mass is 473 g/mol. The van der Waals surface area contributed by atoms with Crippen LogP contribution < -0.4 is 10.6 Å². The van der Waals surface area contributed by atoms with Gasteiger partial charge in [0, 0.05) is 24.2 Å². The number of halogens is 3. The molecule has 0 aromatic carbocycles. The topological polar surface area (TPSA) is 112 Å². The van der Waals surface area contributed by atoms with E-state index in [1.165, 1.54) is 4.90 Å². The predicted octanol–water partition coefficient (Wildman–Crippen LogP) is 3.03. The number of nitrogens with one attached hydrogen (secondary N) is 2. The van der Waals surface area contributed by atoms with Gasteiger partial charge < -0.3 is 25.1 Å². The molecule has 1 saturated carbocycles. The first-order valence-corrected chi connectivity index (χ1v) is 10.9. The largest absolute Gasteiger partial charge is 0.481 e. The lowest BCUT2D eigenvalue weighted by Gasteiger charge is -2.47. The molecule has 1 aliphatic heterocycles. The molecule has 0 radical (unpaired) electrons. The number of rotatable bonds is 5. The van der Waals surface area contributed by atoms with Gasteiger partial charge >= 0.3 is 12.1 Å². The van der Waals surface area contributed by atoms with Gasteiger partial charge in [-0.15, -0.1) is 0 Å². The van der Waals surface area contributed by atoms with E-state index < -0.39 is 53.0 Å². The summed E-state index contributed by atoms with van der Waals surface area (Å²) in [5.74, 6) is -4.21. The van der Waals surface area contributed by atoms with Crippen LogP contribution in [0.25, 0.3) is 0 Å². The molecule has 1 aromatic rings. The average Bonchev–Trinajstić information content (AvgIpc) is 3.29. The molecule has 33 heavy (non-hydrogen) atoms. The molecule has 184 valence electrons. The van der Waals surface area contributed by atoms with Crippen molar-refractivity contribution in [1.29, 1.82) is 0 Å². The fourth-order valence-corrected chi connectivity index (χ4v) is 4.88. The van der Waals surface area contributed by atoms with Gasteiger partial charge in [-0.2, -0.15) is 13.2 Å². The number of nitrogens with zero attached hydrogens (tertiary/aromatic N) is 1. The van der Waals surface area contributed by atoms with Crippen molar-refractivity contribution in [3.63, 3.8) is 0 Å². The van der Waals surface area contributed by atoms with Crippen LogP contribution in [0.15, 0.2) is 16.5 Å². The highest BCUT2D eigenvalue weighted by Crippen LogP contribution is 2.41.